The molecule has 5 nitrogen and oxygen atoms in total. The van der Waals surface area contributed by atoms with Crippen LogP contribution in [-0.4, -0.2) is 31.2 Å². The van der Waals surface area contributed by atoms with Gasteiger partial charge in [0.05, 0.1) is 6.20 Å². The predicted molar refractivity (Wildman–Crippen MR) is 73.7 cm³/mol. The van der Waals surface area contributed by atoms with Gasteiger partial charge in [-0.2, -0.15) is 8.78 Å². The molecular formula is C15H11F2N3O2. The molecule has 3 aromatic rings. The number of aliphatic hydroxyl groups excluding tert-OH is 1. The minimum absolute atomic E-state index is 0.130. The van der Waals surface area contributed by atoms with Gasteiger partial charge < -0.3 is 5.11 Å². The fourth-order valence-corrected chi connectivity index (χ4v) is 2.14. The van der Waals surface area contributed by atoms with Gasteiger partial charge in [0.25, 0.3) is 5.78 Å². The van der Waals surface area contributed by atoms with E-state index in [1.165, 1.54) is 28.9 Å². The number of imidazole rings is 1. The van der Waals surface area contributed by atoms with Crippen molar-refractivity contribution in [3.8, 4) is 0 Å². The first-order chi connectivity index (χ1) is 10.5. The predicted octanol–water partition coefficient (Wildman–Crippen LogP) is 2.28. The zero-order chi connectivity index (χ0) is 15.7. The first-order valence-corrected chi connectivity index (χ1v) is 6.44. The molecule has 0 saturated heterocycles. The Kier molecular flexibility index (Phi) is 3.42. The number of aromatic nitrogens is 3. The van der Waals surface area contributed by atoms with Crippen molar-refractivity contribution in [1.29, 1.82) is 0 Å². The third-order valence-electron chi connectivity index (χ3n) is 3.30. The standard InChI is InChI=1S/C15H11F2N3O2/c16-15(17,13(21)10-4-3-6-18-8-10)14(22)11-9-19-12-5-1-2-7-20(11)12/h1-9,13,21H. The maximum Gasteiger partial charge on any atom is 0.340 e. The summed E-state index contributed by atoms with van der Waals surface area (Å²) < 4.78 is 29.9. The summed E-state index contributed by atoms with van der Waals surface area (Å²) in [5.74, 6) is -5.49. The number of hydrogen-bond acceptors (Lipinski definition) is 4. The van der Waals surface area contributed by atoms with Gasteiger partial charge in [-0.3, -0.25) is 14.2 Å². The fraction of sp³-hybridized carbons (Fsp3) is 0.133. The number of pyridine rings is 2. The third-order valence-corrected chi connectivity index (χ3v) is 3.30. The second-order valence-corrected chi connectivity index (χ2v) is 4.71. The molecule has 0 bridgehead atoms. The van der Waals surface area contributed by atoms with Crippen molar-refractivity contribution in [2.75, 3.05) is 0 Å². The summed E-state index contributed by atoms with van der Waals surface area (Å²) in [4.78, 5) is 19.7. The molecule has 3 rings (SSSR count). The normalized spacial score (nSPS) is 13.2. The number of ketones is 1. The number of fused-ring (bicyclic) bond motifs is 1. The van der Waals surface area contributed by atoms with Gasteiger partial charge in [-0.25, -0.2) is 4.98 Å². The number of alkyl halides is 2. The number of hydrogen-bond donors (Lipinski definition) is 1. The van der Waals surface area contributed by atoms with Crippen LogP contribution in [0.1, 0.15) is 22.2 Å². The monoisotopic (exact) mass is 303 g/mol. The van der Waals surface area contributed by atoms with E-state index in [-0.39, 0.29) is 11.3 Å². The van der Waals surface area contributed by atoms with Crippen LogP contribution >= 0.6 is 0 Å². The van der Waals surface area contributed by atoms with E-state index in [2.05, 4.69) is 9.97 Å². The van der Waals surface area contributed by atoms with Gasteiger partial charge >= 0.3 is 5.92 Å². The van der Waals surface area contributed by atoms with E-state index in [9.17, 15) is 18.7 Å². The summed E-state index contributed by atoms with van der Waals surface area (Å²) in [7, 11) is 0. The number of aliphatic hydroxyl groups is 1. The van der Waals surface area contributed by atoms with Crippen molar-refractivity contribution in [3.05, 3.63) is 66.4 Å². The van der Waals surface area contributed by atoms with E-state index in [4.69, 9.17) is 0 Å². The summed E-state index contributed by atoms with van der Waals surface area (Å²) in [6, 6.07) is 7.56. The molecule has 112 valence electrons. The molecule has 0 spiro atoms. The zero-order valence-electron chi connectivity index (χ0n) is 11.2. The number of nitrogens with zero attached hydrogens (tertiary/aromatic N) is 3. The minimum Gasteiger partial charge on any atom is -0.381 e. The van der Waals surface area contributed by atoms with E-state index < -0.39 is 17.8 Å². The van der Waals surface area contributed by atoms with Crippen LogP contribution in [0.4, 0.5) is 8.78 Å². The summed E-state index contributed by atoms with van der Waals surface area (Å²) in [6.45, 7) is 0. The largest absolute Gasteiger partial charge is 0.381 e. The van der Waals surface area contributed by atoms with Gasteiger partial charge in [-0.1, -0.05) is 12.1 Å². The molecule has 3 aromatic heterocycles. The number of halogens is 2. The number of Topliss-reactive ketones (excluding diaryl/α,β-unsaturated/α-hetero) is 1. The number of rotatable bonds is 4. The lowest BCUT2D eigenvalue weighted by atomic mass is 10.0. The van der Waals surface area contributed by atoms with Crippen LogP contribution in [0.25, 0.3) is 5.65 Å². The van der Waals surface area contributed by atoms with Crippen molar-refractivity contribution in [1.82, 2.24) is 14.4 Å². The molecule has 0 radical (unpaired) electrons. The van der Waals surface area contributed by atoms with E-state index in [0.717, 1.165) is 12.4 Å². The Morgan fingerprint density at radius 3 is 2.77 bits per heavy atom. The summed E-state index contributed by atoms with van der Waals surface area (Å²) in [6.07, 6.45) is 2.74. The second-order valence-electron chi connectivity index (χ2n) is 4.71. The molecule has 0 fully saturated rings. The van der Waals surface area contributed by atoms with E-state index >= 15 is 0 Å². The molecule has 0 aliphatic carbocycles. The van der Waals surface area contributed by atoms with Crippen molar-refractivity contribution < 1.29 is 18.7 Å². The molecule has 7 heteroatoms. The highest BCUT2D eigenvalue weighted by molar-refractivity contribution is 6.01. The average Bonchev–Trinajstić information content (AvgIpc) is 2.98. The SMILES string of the molecule is O=C(c1cnc2ccccn12)C(F)(F)C(O)c1cccnc1. The van der Waals surface area contributed by atoms with Gasteiger partial charge in [-0.05, 0) is 18.2 Å². The quantitative estimate of drug-likeness (QED) is 0.751. The smallest absolute Gasteiger partial charge is 0.340 e. The number of carbonyl (C=O) groups is 1. The highest BCUT2D eigenvalue weighted by Gasteiger charge is 2.48. The molecule has 0 aliphatic heterocycles. The highest BCUT2D eigenvalue weighted by Crippen LogP contribution is 2.34. The molecule has 0 aliphatic rings. The average molecular weight is 303 g/mol. The molecule has 0 aromatic carbocycles. The Hall–Kier alpha value is -2.67. The van der Waals surface area contributed by atoms with Gasteiger partial charge in [0.15, 0.2) is 6.10 Å². The molecule has 1 atom stereocenters. The van der Waals surface area contributed by atoms with Crippen LogP contribution < -0.4 is 0 Å². The van der Waals surface area contributed by atoms with E-state index in [1.807, 2.05) is 0 Å². The molecule has 22 heavy (non-hydrogen) atoms. The third kappa shape index (κ3) is 2.25. The van der Waals surface area contributed by atoms with Gasteiger partial charge in [0.2, 0.25) is 0 Å². The number of carbonyl (C=O) groups excluding carboxylic acids is 1. The van der Waals surface area contributed by atoms with Crippen molar-refractivity contribution >= 4 is 11.4 Å². The maximum absolute atomic E-state index is 14.3. The van der Waals surface area contributed by atoms with Gasteiger partial charge in [0.1, 0.15) is 11.3 Å². The summed E-state index contributed by atoms with van der Waals surface area (Å²) in [5.41, 5.74) is -0.0456. The van der Waals surface area contributed by atoms with E-state index in [0.29, 0.717) is 5.65 Å². The lowest BCUT2D eigenvalue weighted by Crippen LogP contribution is -2.36. The Balaban J connectivity index is 2.00. The minimum atomic E-state index is -3.99. The molecule has 0 saturated carbocycles. The fourth-order valence-electron chi connectivity index (χ4n) is 2.14. The second kappa shape index (κ2) is 5.27. The first kappa shape index (κ1) is 14.3. The van der Waals surface area contributed by atoms with Crippen LogP contribution in [0, 0.1) is 0 Å². The lowest BCUT2D eigenvalue weighted by molar-refractivity contribution is -0.0796. The first-order valence-electron chi connectivity index (χ1n) is 6.44. The molecule has 1 N–H and O–H groups in total. The van der Waals surface area contributed by atoms with E-state index in [1.54, 1.807) is 18.2 Å². The lowest BCUT2D eigenvalue weighted by Gasteiger charge is -2.21. The Labute approximate surface area is 123 Å². The van der Waals surface area contributed by atoms with Crippen molar-refractivity contribution in [2.24, 2.45) is 0 Å². The van der Waals surface area contributed by atoms with Crippen LogP contribution in [0.2, 0.25) is 0 Å². The molecule has 3 heterocycles. The molecular weight excluding hydrogens is 292 g/mol. The Morgan fingerprint density at radius 2 is 2.05 bits per heavy atom. The Bertz CT molecular complexity index is 818. The maximum atomic E-state index is 14.3. The zero-order valence-corrected chi connectivity index (χ0v) is 11.2. The van der Waals surface area contributed by atoms with Gasteiger partial charge in [-0.15, -0.1) is 0 Å². The summed E-state index contributed by atoms with van der Waals surface area (Å²) in [5, 5.41) is 9.85. The Morgan fingerprint density at radius 1 is 1.23 bits per heavy atom. The highest BCUT2D eigenvalue weighted by atomic mass is 19.3. The molecule has 0 amide bonds. The summed E-state index contributed by atoms with van der Waals surface area (Å²) >= 11 is 0. The van der Waals surface area contributed by atoms with Crippen LogP contribution in [0.3, 0.4) is 0 Å². The van der Waals surface area contributed by atoms with Crippen molar-refractivity contribution in [2.45, 2.75) is 12.0 Å². The van der Waals surface area contributed by atoms with Crippen LogP contribution in [0.5, 0.6) is 0 Å². The van der Waals surface area contributed by atoms with Crippen molar-refractivity contribution in [3.63, 3.8) is 0 Å². The van der Waals surface area contributed by atoms with Crippen LogP contribution in [-0.2, 0) is 0 Å². The molecule has 1 unspecified atom stereocenters. The van der Waals surface area contributed by atoms with Gasteiger partial charge in [0, 0.05) is 24.2 Å². The topological polar surface area (TPSA) is 67.5 Å². The van der Waals surface area contributed by atoms with Crippen LogP contribution in [0.15, 0.2) is 55.1 Å².